The minimum absolute atomic E-state index is 0.0780. The van der Waals surface area contributed by atoms with Gasteiger partial charge in [-0.15, -0.1) is 0 Å². The first-order chi connectivity index (χ1) is 14.4. The second-order valence-corrected chi connectivity index (χ2v) is 11.1. The Morgan fingerprint density at radius 3 is 2.10 bits per heavy atom. The van der Waals surface area contributed by atoms with E-state index in [0.29, 0.717) is 24.6 Å². The van der Waals surface area contributed by atoms with Crippen LogP contribution in [0.1, 0.15) is 84.0 Å². The summed E-state index contributed by atoms with van der Waals surface area (Å²) in [6.45, 7) is 13.2. The maximum atomic E-state index is 13.5. The van der Waals surface area contributed by atoms with Crippen LogP contribution in [0.2, 0.25) is 0 Å². The lowest BCUT2D eigenvalue weighted by Gasteiger charge is -2.41. The van der Waals surface area contributed by atoms with Gasteiger partial charge in [-0.3, -0.25) is 9.59 Å². The molecule has 2 aliphatic rings. The minimum Gasteiger partial charge on any atom is -0.508 e. The predicted molar refractivity (Wildman–Crippen MR) is 123 cm³/mol. The van der Waals surface area contributed by atoms with Crippen LogP contribution in [-0.2, 0) is 4.79 Å². The normalized spacial score (nSPS) is 25.0. The molecule has 6 heteroatoms. The van der Waals surface area contributed by atoms with E-state index in [1.165, 1.54) is 12.1 Å². The Labute approximate surface area is 187 Å². The number of carbonyl (C=O) groups is 2. The van der Waals surface area contributed by atoms with E-state index in [9.17, 15) is 14.7 Å². The van der Waals surface area contributed by atoms with Crippen molar-refractivity contribution in [2.75, 3.05) is 6.54 Å². The molecule has 1 aromatic carbocycles. The highest BCUT2D eigenvalue weighted by Crippen LogP contribution is 2.32. The van der Waals surface area contributed by atoms with E-state index in [2.05, 4.69) is 26.1 Å². The molecule has 31 heavy (non-hydrogen) atoms. The molecule has 2 N–H and O–H groups in total. The molecule has 0 aromatic heterocycles. The second kappa shape index (κ2) is 8.81. The summed E-state index contributed by atoms with van der Waals surface area (Å²) < 4.78 is 0. The van der Waals surface area contributed by atoms with E-state index in [-0.39, 0.29) is 29.1 Å². The van der Waals surface area contributed by atoms with E-state index in [1.807, 2.05) is 25.7 Å². The number of rotatable bonds is 4. The van der Waals surface area contributed by atoms with Crippen molar-refractivity contribution in [2.24, 2.45) is 0 Å². The van der Waals surface area contributed by atoms with Gasteiger partial charge in [-0.25, -0.2) is 0 Å². The Hall–Kier alpha value is -2.08. The van der Waals surface area contributed by atoms with Gasteiger partial charge in [0.2, 0.25) is 5.91 Å². The van der Waals surface area contributed by atoms with Crippen LogP contribution in [-0.4, -0.2) is 62.5 Å². The molecule has 1 heterocycles. The maximum absolute atomic E-state index is 13.5. The van der Waals surface area contributed by atoms with Crippen LogP contribution in [0.5, 0.6) is 5.75 Å². The Balaban J connectivity index is 1.70. The maximum Gasteiger partial charge on any atom is 0.254 e. The van der Waals surface area contributed by atoms with E-state index in [4.69, 9.17) is 0 Å². The fraction of sp³-hybridized carbons (Fsp3) is 0.680. The molecule has 6 nitrogen and oxygen atoms in total. The van der Waals surface area contributed by atoms with E-state index in [1.54, 1.807) is 17.0 Å². The molecule has 2 fully saturated rings. The van der Waals surface area contributed by atoms with Gasteiger partial charge in [0.05, 0.1) is 0 Å². The van der Waals surface area contributed by atoms with Crippen molar-refractivity contribution in [3.8, 4) is 5.75 Å². The summed E-state index contributed by atoms with van der Waals surface area (Å²) in [7, 11) is 0. The first kappa shape index (κ1) is 23.6. The quantitative estimate of drug-likeness (QED) is 0.761. The topological polar surface area (TPSA) is 72.9 Å². The monoisotopic (exact) mass is 429 g/mol. The highest BCUT2D eigenvalue weighted by atomic mass is 16.3. The van der Waals surface area contributed by atoms with Crippen LogP contribution in [0.25, 0.3) is 0 Å². The predicted octanol–water partition coefficient (Wildman–Crippen LogP) is 3.93. The lowest BCUT2D eigenvalue weighted by Crippen LogP contribution is -2.55. The number of phenolic OH excluding ortho intramolecular Hbond substituents is 1. The average Bonchev–Trinajstić information content (AvgIpc) is 3.02. The molecule has 2 amide bonds. The molecule has 1 aliphatic carbocycles. The number of likely N-dealkylation sites (tertiary alicyclic amines) is 1. The molecule has 1 atom stereocenters. The molecule has 1 aliphatic heterocycles. The molecule has 172 valence electrons. The lowest BCUT2D eigenvalue weighted by molar-refractivity contribution is -0.135. The van der Waals surface area contributed by atoms with Gasteiger partial charge in [0.25, 0.3) is 5.91 Å². The third kappa shape index (κ3) is 5.59. The molecule has 0 radical (unpaired) electrons. The van der Waals surface area contributed by atoms with Gasteiger partial charge >= 0.3 is 0 Å². The van der Waals surface area contributed by atoms with Crippen molar-refractivity contribution in [1.82, 2.24) is 15.1 Å². The second-order valence-electron chi connectivity index (χ2n) is 11.1. The number of nitrogens with zero attached hydrogens (tertiary/aromatic N) is 2. The molecule has 1 saturated carbocycles. The number of amides is 2. The van der Waals surface area contributed by atoms with E-state index in [0.717, 1.165) is 25.7 Å². The van der Waals surface area contributed by atoms with Crippen LogP contribution in [0, 0.1) is 0 Å². The average molecular weight is 430 g/mol. The standard InChI is InChI=1S/C25H39N3O3/c1-24(2,3)26-18-9-11-19(12-10-18)27-16-15-21(23(27)31)28(25(4,5)6)22(30)17-7-13-20(29)14-8-17/h7-8,13-14,18-19,21,26,29H,9-12,15-16H2,1-6H3/t18?,19?,21-/m0/s1. The molecular formula is C25H39N3O3. The molecular weight excluding hydrogens is 390 g/mol. The number of hydrogen-bond donors (Lipinski definition) is 2. The first-order valence-corrected chi connectivity index (χ1v) is 11.6. The van der Waals surface area contributed by atoms with Gasteiger partial charge in [0.15, 0.2) is 0 Å². The smallest absolute Gasteiger partial charge is 0.254 e. The SMILES string of the molecule is CC(C)(C)NC1CCC(N2CC[C@H](N(C(=O)c3ccc(O)cc3)C(C)(C)C)C2=O)CC1. The summed E-state index contributed by atoms with van der Waals surface area (Å²) in [5.74, 6) is 0.0404. The molecule has 0 unspecified atom stereocenters. The summed E-state index contributed by atoms with van der Waals surface area (Å²) in [5.41, 5.74) is 0.112. The van der Waals surface area contributed by atoms with Gasteiger partial charge in [-0.2, -0.15) is 0 Å². The number of aromatic hydroxyl groups is 1. The van der Waals surface area contributed by atoms with Crippen molar-refractivity contribution in [2.45, 2.75) is 103 Å². The highest BCUT2D eigenvalue weighted by molar-refractivity contribution is 5.98. The zero-order valence-corrected chi connectivity index (χ0v) is 19.9. The number of hydrogen-bond acceptors (Lipinski definition) is 4. The summed E-state index contributed by atoms with van der Waals surface area (Å²) in [6.07, 6.45) is 4.83. The molecule has 0 spiro atoms. The Bertz CT molecular complexity index is 784. The Morgan fingerprint density at radius 1 is 1.00 bits per heavy atom. The van der Waals surface area contributed by atoms with Crippen molar-refractivity contribution >= 4 is 11.8 Å². The summed E-state index contributed by atoms with van der Waals surface area (Å²) in [4.78, 5) is 30.6. The van der Waals surface area contributed by atoms with E-state index >= 15 is 0 Å². The molecule has 1 aromatic rings. The summed E-state index contributed by atoms with van der Waals surface area (Å²) in [5, 5.41) is 13.3. The van der Waals surface area contributed by atoms with Crippen LogP contribution in [0.3, 0.4) is 0 Å². The van der Waals surface area contributed by atoms with Crippen LogP contribution >= 0.6 is 0 Å². The first-order valence-electron chi connectivity index (χ1n) is 11.6. The summed E-state index contributed by atoms with van der Waals surface area (Å²) >= 11 is 0. The Morgan fingerprint density at radius 2 is 1.58 bits per heavy atom. The third-order valence-corrected chi connectivity index (χ3v) is 6.35. The van der Waals surface area contributed by atoms with Crippen LogP contribution in [0.15, 0.2) is 24.3 Å². The number of nitrogens with one attached hydrogen (secondary N) is 1. The third-order valence-electron chi connectivity index (χ3n) is 6.35. The number of benzene rings is 1. The summed E-state index contributed by atoms with van der Waals surface area (Å²) in [6, 6.07) is 6.61. The van der Waals surface area contributed by atoms with Crippen molar-refractivity contribution in [3.05, 3.63) is 29.8 Å². The fourth-order valence-electron chi connectivity index (χ4n) is 5.09. The Kier molecular flexibility index (Phi) is 6.70. The fourth-order valence-corrected chi connectivity index (χ4v) is 5.09. The van der Waals surface area contributed by atoms with Crippen molar-refractivity contribution in [3.63, 3.8) is 0 Å². The van der Waals surface area contributed by atoms with Gasteiger partial charge < -0.3 is 20.2 Å². The van der Waals surface area contributed by atoms with Gasteiger partial charge in [0, 0.05) is 35.3 Å². The largest absolute Gasteiger partial charge is 0.508 e. The molecule has 3 rings (SSSR count). The van der Waals surface area contributed by atoms with Gasteiger partial charge in [0.1, 0.15) is 11.8 Å². The number of phenols is 1. The van der Waals surface area contributed by atoms with Crippen LogP contribution in [0.4, 0.5) is 0 Å². The zero-order chi connectivity index (χ0) is 23.0. The van der Waals surface area contributed by atoms with E-state index < -0.39 is 11.6 Å². The van der Waals surface area contributed by atoms with Crippen molar-refractivity contribution < 1.29 is 14.7 Å². The molecule has 1 saturated heterocycles. The van der Waals surface area contributed by atoms with Crippen LogP contribution < -0.4 is 5.32 Å². The van der Waals surface area contributed by atoms with Gasteiger partial charge in [-0.1, -0.05) is 0 Å². The highest BCUT2D eigenvalue weighted by Gasteiger charge is 2.45. The molecule has 0 bridgehead atoms. The van der Waals surface area contributed by atoms with Crippen molar-refractivity contribution in [1.29, 1.82) is 0 Å². The lowest BCUT2D eigenvalue weighted by atomic mass is 9.89. The minimum atomic E-state index is -0.487. The zero-order valence-electron chi connectivity index (χ0n) is 19.9. The number of carbonyl (C=O) groups excluding carboxylic acids is 2. The van der Waals surface area contributed by atoms with Gasteiger partial charge in [-0.05, 0) is 97.9 Å².